The van der Waals surface area contributed by atoms with E-state index in [-0.39, 0.29) is 11.7 Å². The molecule has 23 heavy (non-hydrogen) atoms. The summed E-state index contributed by atoms with van der Waals surface area (Å²) in [4.78, 5) is 16.7. The van der Waals surface area contributed by atoms with Crippen LogP contribution in [0.4, 0.5) is 10.1 Å². The van der Waals surface area contributed by atoms with Gasteiger partial charge in [0.25, 0.3) is 0 Å². The van der Waals surface area contributed by atoms with Crippen molar-refractivity contribution in [2.75, 3.05) is 37.6 Å². The number of carbonyl (C=O) groups excluding carboxylic acids is 1. The lowest BCUT2D eigenvalue weighted by atomic mass is 9.99. The van der Waals surface area contributed by atoms with E-state index in [1.807, 2.05) is 30.9 Å². The molecule has 4 nitrogen and oxygen atoms in total. The fourth-order valence-electron chi connectivity index (χ4n) is 2.87. The maximum atomic E-state index is 13.9. The molecule has 0 unspecified atom stereocenters. The number of hydrogen-bond acceptors (Lipinski definition) is 3. The predicted octanol–water partition coefficient (Wildman–Crippen LogP) is 2.50. The monoisotopic (exact) mass is 321 g/mol. The fourth-order valence-corrected chi connectivity index (χ4v) is 2.87. The molecule has 2 rings (SSSR count). The fraction of sp³-hybridized carbons (Fsp3) is 0.611. The average Bonchev–Trinajstić information content (AvgIpc) is 2.53. The van der Waals surface area contributed by atoms with Gasteiger partial charge in [-0.1, -0.05) is 26.0 Å². The Hall–Kier alpha value is -1.62. The third kappa shape index (κ3) is 4.22. The Morgan fingerprint density at radius 3 is 2.39 bits per heavy atom. The molecule has 128 valence electrons. The van der Waals surface area contributed by atoms with Crippen molar-refractivity contribution in [2.45, 2.75) is 33.2 Å². The molecule has 1 amide bonds. The normalized spacial score (nSPS) is 16.7. The van der Waals surface area contributed by atoms with Gasteiger partial charge in [-0.15, -0.1) is 0 Å². The van der Waals surface area contributed by atoms with Gasteiger partial charge in [-0.2, -0.15) is 0 Å². The van der Waals surface area contributed by atoms with Crippen LogP contribution in [-0.4, -0.2) is 49.1 Å². The molecule has 1 aliphatic rings. The first-order valence-electron chi connectivity index (χ1n) is 8.35. The number of amides is 1. The number of halogens is 1. The Balaban J connectivity index is 1.95. The number of anilines is 1. The van der Waals surface area contributed by atoms with Crippen molar-refractivity contribution >= 4 is 11.6 Å². The van der Waals surface area contributed by atoms with Gasteiger partial charge in [-0.3, -0.25) is 9.69 Å². The van der Waals surface area contributed by atoms with E-state index in [1.165, 1.54) is 6.07 Å². The Kier molecular flexibility index (Phi) is 5.63. The largest absolute Gasteiger partial charge is 0.367 e. The zero-order valence-electron chi connectivity index (χ0n) is 14.6. The standard InChI is InChI=1S/C18H28FN3O/c1-14(2)13-20-17(23)18(3,4)22-11-9-21(10-12-22)16-8-6-5-7-15(16)19/h5-8,14H,9-13H2,1-4H3,(H,20,23). The first-order valence-corrected chi connectivity index (χ1v) is 8.35. The Bertz CT molecular complexity index is 537. The van der Waals surface area contributed by atoms with E-state index in [4.69, 9.17) is 0 Å². The SMILES string of the molecule is CC(C)CNC(=O)C(C)(C)N1CCN(c2ccccc2F)CC1. The number of piperazine rings is 1. The van der Waals surface area contributed by atoms with Crippen LogP contribution in [0.5, 0.6) is 0 Å². The van der Waals surface area contributed by atoms with Gasteiger partial charge < -0.3 is 10.2 Å². The number of rotatable bonds is 5. The van der Waals surface area contributed by atoms with E-state index in [0.717, 1.165) is 26.2 Å². The number of para-hydroxylation sites is 1. The molecule has 1 fully saturated rings. The lowest BCUT2D eigenvalue weighted by molar-refractivity contribution is -0.132. The van der Waals surface area contributed by atoms with E-state index in [2.05, 4.69) is 24.1 Å². The molecule has 1 heterocycles. The van der Waals surface area contributed by atoms with Crippen LogP contribution in [0.15, 0.2) is 24.3 Å². The number of benzene rings is 1. The third-order valence-corrected chi connectivity index (χ3v) is 4.49. The number of hydrogen-bond donors (Lipinski definition) is 1. The molecule has 0 spiro atoms. The van der Waals surface area contributed by atoms with Gasteiger partial charge in [0.2, 0.25) is 5.91 Å². The van der Waals surface area contributed by atoms with Crippen molar-refractivity contribution in [3.8, 4) is 0 Å². The van der Waals surface area contributed by atoms with E-state index < -0.39 is 5.54 Å². The van der Waals surface area contributed by atoms with Crippen molar-refractivity contribution < 1.29 is 9.18 Å². The van der Waals surface area contributed by atoms with Gasteiger partial charge in [0.15, 0.2) is 0 Å². The average molecular weight is 321 g/mol. The van der Waals surface area contributed by atoms with Crippen LogP contribution in [-0.2, 0) is 4.79 Å². The minimum Gasteiger partial charge on any atom is -0.367 e. The van der Waals surface area contributed by atoms with E-state index in [1.54, 1.807) is 6.07 Å². The molecule has 0 aliphatic carbocycles. The van der Waals surface area contributed by atoms with Gasteiger partial charge in [0.1, 0.15) is 5.82 Å². The van der Waals surface area contributed by atoms with Crippen molar-refractivity contribution in [3.05, 3.63) is 30.1 Å². The summed E-state index contributed by atoms with van der Waals surface area (Å²) in [6, 6.07) is 6.86. The topological polar surface area (TPSA) is 35.6 Å². The van der Waals surface area contributed by atoms with Gasteiger partial charge in [-0.25, -0.2) is 4.39 Å². The molecule has 0 saturated carbocycles. The highest BCUT2D eigenvalue weighted by molar-refractivity contribution is 5.85. The van der Waals surface area contributed by atoms with Crippen LogP contribution in [0, 0.1) is 11.7 Å². The first-order chi connectivity index (χ1) is 10.8. The maximum Gasteiger partial charge on any atom is 0.239 e. The first kappa shape index (κ1) is 17.7. The summed E-state index contributed by atoms with van der Waals surface area (Å²) in [7, 11) is 0. The smallest absolute Gasteiger partial charge is 0.239 e. The van der Waals surface area contributed by atoms with Crippen molar-refractivity contribution in [1.29, 1.82) is 0 Å². The Morgan fingerprint density at radius 2 is 1.83 bits per heavy atom. The summed E-state index contributed by atoms with van der Waals surface area (Å²) in [5, 5.41) is 3.02. The van der Waals surface area contributed by atoms with E-state index >= 15 is 0 Å². The number of nitrogens with zero attached hydrogens (tertiary/aromatic N) is 2. The summed E-state index contributed by atoms with van der Waals surface area (Å²) in [6.45, 7) is 11.7. The van der Waals surface area contributed by atoms with Crippen LogP contribution in [0.1, 0.15) is 27.7 Å². The molecule has 1 N–H and O–H groups in total. The summed E-state index contributed by atoms with van der Waals surface area (Å²) < 4.78 is 13.9. The molecule has 1 aliphatic heterocycles. The quantitative estimate of drug-likeness (QED) is 0.905. The van der Waals surface area contributed by atoms with E-state index in [9.17, 15) is 9.18 Å². The summed E-state index contributed by atoms with van der Waals surface area (Å²) in [5.74, 6) is 0.313. The molecule has 1 aromatic rings. The highest BCUT2D eigenvalue weighted by Gasteiger charge is 2.36. The molecule has 0 atom stereocenters. The molecule has 0 bridgehead atoms. The summed E-state index contributed by atoms with van der Waals surface area (Å²) in [5.41, 5.74) is 0.102. The molecule has 5 heteroatoms. The molecule has 0 aromatic heterocycles. The second kappa shape index (κ2) is 7.30. The molecule has 1 saturated heterocycles. The zero-order chi connectivity index (χ0) is 17.0. The van der Waals surface area contributed by atoms with Crippen LogP contribution < -0.4 is 10.2 Å². The minimum atomic E-state index is -0.545. The van der Waals surface area contributed by atoms with Crippen molar-refractivity contribution in [2.24, 2.45) is 5.92 Å². The summed E-state index contributed by atoms with van der Waals surface area (Å²) in [6.07, 6.45) is 0. The molecular weight excluding hydrogens is 293 g/mol. The van der Waals surface area contributed by atoms with Crippen molar-refractivity contribution in [1.82, 2.24) is 10.2 Å². The minimum absolute atomic E-state index is 0.0607. The Morgan fingerprint density at radius 1 is 1.22 bits per heavy atom. The molecule has 0 radical (unpaired) electrons. The van der Waals surface area contributed by atoms with Crippen LogP contribution in [0.25, 0.3) is 0 Å². The second-order valence-corrected chi connectivity index (χ2v) is 7.09. The second-order valence-electron chi connectivity index (χ2n) is 7.09. The van der Waals surface area contributed by atoms with Crippen LogP contribution in [0.2, 0.25) is 0 Å². The van der Waals surface area contributed by atoms with E-state index in [0.29, 0.717) is 18.2 Å². The zero-order valence-corrected chi connectivity index (χ0v) is 14.6. The molecular formula is C18H28FN3O. The van der Waals surface area contributed by atoms with Gasteiger partial charge in [-0.05, 0) is 31.9 Å². The highest BCUT2D eigenvalue weighted by atomic mass is 19.1. The van der Waals surface area contributed by atoms with Gasteiger partial charge >= 0.3 is 0 Å². The lowest BCUT2D eigenvalue weighted by Gasteiger charge is -2.43. The highest BCUT2D eigenvalue weighted by Crippen LogP contribution is 2.23. The van der Waals surface area contributed by atoms with Crippen LogP contribution >= 0.6 is 0 Å². The lowest BCUT2D eigenvalue weighted by Crippen LogP contribution is -2.61. The van der Waals surface area contributed by atoms with Gasteiger partial charge in [0, 0.05) is 32.7 Å². The van der Waals surface area contributed by atoms with Gasteiger partial charge in [0.05, 0.1) is 11.2 Å². The maximum absolute atomic E-state index is 13.9. The number of nitrogens with one attached hydrogen (secondary N) is 1. The molecule has 1 aromatic carbocycles. The van der Waals surface area contributed by atoms with Crippen LogP contribution in [0.3, 0.4) is 0 Å². The summed E-state index contributed by atoms with van der Waals surface area (Å²) >= 11 is 0. The predicted molar refractivity (Wildman–Crippen MR) is 92.1 cm³/mol. The van der Waals surface area contributed by atoms with Crippen molar-refractivity contribution in [3.63, 3.8) is 0 Å². The third-order valence-electron chi connectivity index (χ3n) is 4.49. The number of carbonyl (C=O) groups is 1. The Labute approximate surface area is 138 Å².